The van der Waals surface area contributed by atoms with E-state index < -0.39 is 18.2 Å². The van der Waals surface area contributed by atoms with E-state index in [9.17, 15) is 29.1 Å². The Morgan fingerprint density at radius 2 is 0.938 bits per heavy atom. The first-order chi connectivity index (χ1) is 31.2. The Labute approximate surface area is 375 Å². The lowest BCUT2D eigenvalue weighted by atomic mass is 9.68. The van der Waals surface area contributed by atoms with Crippen LogP contribution in [-0.2, 0) is 11.3 Å². The fraction of sp³-hybridized carbons (Fsp3) is 0.673. The summed E-state index contributed by atoms with van der Waals surface area (Å²) in [6.45, 7) is -0.434. The van der Waals surface area contributed by atoms with E-state index in [2.05, 4.69) is 14.8 Å². The molecule has 342 valence electrons. The number of aromatic amines is 1. The van der Waals surface area contributed by atoms with E-state index in [0.717, 1.165) is 68.2 Å². The second-order valence-electron chi connectivity index (χ2n) is 21.8. The fourth-order valence-corrected chi connectivity index (χ4v) is 15.7. The van der Waals surface area contributed by atoms with E-state index >= 15 is 0 Å². The number of rotatable bonds is 6. The average molecular weight is 873 g/mol. The number of benzene rings is 2. The number of piperidine rings is 4. The Morgan fingerprint density at radius 3 is 1.45 bits per heavy atom. The normalized spacial score (nSPS) is 35.1. The molecule has 4 aliphatic heterocycles. The molecule has 8 unspecified atom stereocenters. The number of H-pyrrole nitrogens is 1. The van der Waals surface area contributed by atoms with Gasteiger partial charge < -0.3 is 10.1 Å². The highest BCUT2D eigenvalue weighted by atomic mass is 16.4. The van der Waals surface area contributed by atoms with Gasteiger partial charge in [0.05, 0.1) is 21.8 Å². The van der Waals surface area contributed by atoms with E-state index in [0.29, 0.717) is 52.0 Å². The monoisotopic (exact) mass is 873 g/mol. The van der Waals surface area contributed by atoms with E-state index in [-0.39, 0.29) is 28.9 Å². The van der Waals surface area contributed by atoms with Crippen LogP contribution in [0.5, 0.6) is 0 Å². The number of fused-ring (bicyclic) bond motifs is 10. The summed E-state index contributed by atoms with van der Waals surface area (Å²) in [4.78, 5) is 73.3. The summed E-state index contributed by atoms with van der Waals surface area (Å²) >= 11 is 0. The summed E-state index contributed by atoms with van der Waals surface area (Å²) in [7, 11) is 0. The van der Waals surface area contributed by atoms with E-state index in [1.54, 1.807) is 28.8 Å². The van der Waals surface area contributed by atoms with Gasteiger partial charge in [-0.3, -0.25) is 37.9 Å². The first kappa shape index (κ1) is 42.4. The van der Waals surface area contributed by atoms with Crippen molar-refractivity contribution in [3.63, 3.8) is 0 Å². The third-order valence-electron chi connectivity index (χ3n) is 18.0. The van der Waals surface area contributed by atoms with Crippen LogP contribution >= 0.6 is 0 Å². The summed E-state index contributed by atoms with van der Waals surface area (Å²) in [5, 5.41) is 10.5. The molecule has 12 nitrogen and oxygen atoms in total. The van der Waals surface area contributed by atoms with Gasteiger partial charge in [0.15, 0.2) is 0 Å². The van der Waals surface area contributed by atoms with Crippen LogP contribution in [0.2, 0.25) is 0 Å². The van der Waals surface area contributed by atoms with Gasteiger partial charge in [0, 0.05) is 48.3 Å². The van der Waals surface area contributed by atoms with Crippen LogP contribution in [0.1, 0.15) is 153 Å². The van der Waals surface area contributed by atoms with Crippen molar-refractivity contribution in [3.05, 3.63) is 90.2 Å². The van der Waals surface area contributed by atoms with Crippen molar-refractivity contribution in [2.45, 2.75) is 196 Å². The molecule has 8 atom stereocenters. The molecule has 8 aliphatic rings. The highest BCUT2D eigenvalue weighted by Gasteiger charge is 2.47. The first-order valence-electron chi connectivity index (χ1n) is 25.4. The van der Waals surface area contributed by atoms with Crippen molar-refractivity contribution < 1.29 is 9.90 Å². The maximum atomic E-state index is 13.5. The topological polar surface area (TPSA) is 143 Å². The maximum Gasteiger partial charge on any atom is 0.332 e. The molecule has 8 bridgehead atoms. The van der Waals surface area contributed by atoms with Gasteiger partial charge in [-0.2, -0.15) is 0 Å². The molecule has 2 aromatic heterocycles. The largest absolute Gasteiger partial charge is 0.480 e. The summed E-state index contributed by atoms with van der Waals surface area (Å²) in [6.07, 6.45) is 27.4. The van der Waals surface area contributed by atoms with Crippen LogP contribution in [0.4, 0.5) is 0 Å². The standard InChI is InChI=1S/C27H35N3O4.C25H33N3O2/c31-25(32)16-28-24-10-2-1-9-23(24)26(33)30(27(28)34)22-14-19-7-4-8-20(15-22)29(19)21-12-17-5-3-6-18(11-17)13-21;29-24-22-9-1-2-10-23(22)26-25(30)28(24)21-14-18-7-4-8-19(15-21)27(18)20-12-16-5-3-6-17(11-16)13-20/h1-2,9-10,17-22H,3-8,11-16H2,(H,31,32);1-2,9-10,16-21H,3-8,11-15H2,(H,26,30). The Hall–Kier alpha value is -4.29. The second kappa shape index (κ2) is 17.5. The van der Waals surface area contributed by atoms with Crippen molar-refractivity contribution >= 4 is 27.8 Å². The molecule has 8 fully saturated rings. The number of nitrogens with one attached hydrogen (secondary N) is 1. The van der Waals surface area contributed by atoms with Gasteiger partial charge in [0.25, 0.3) is 11.1 Å². The summed E-state index contributed by atoms with van der Waals surface area (Å²) in [5.41, 5.74) is -0.0427. The van der Waals surface area contributed by atoms with Crippen molar-refractivity contribution in [2.24, 2.45) is 23.7 Å². The number of aliphatic carboxylic acids is 1. The number of nitrogens with zero attached hydrogens (tertiary/aromatic N) is 5. The average Bonchev–Trinajstić information content (AvgIpc) is 3.27. The van der Waals surface area contributed by atoms with Crippen LogP contribution < -0.4 is 22.5 Å². The lowest BCUT2D eigenvalue weighted by Gasteiger charge is -2.55. The molecule has 2 N–H and O–H groups in total. The molecular weight excluding hydrogens is 805 g/mol. The number of aromatic nitrogens is 4. The molecule has 6 heterocycles. The molecule has 12 rings (SSSR count). The molecule has 0 spiro atoms. The minimum absolute atomic E-state index is 0.0282. The van der Waals surface area contributed by atoms with Gasteiger partial charge in [-0.15, -0.1) is 0 Å². The molecule has 2 aromatic carbocycles. The zero-order valence-corrected chi connectivity index (χ0v) is 37.5. The number of carboxylic acid groups (broad SMARTS) is 1. The quantitative estimate of drug-likeness (QED) is 0.199. The molecule has 4 aromatic rings. The fourth-order valence-electron chi connectivity index (χ4n) is 15.7. The zero-order chi connectivity index (χ0) is 43.6. The predicted octanol–water partition coefficient (Wildman–Crippen LogP) is 7.99. The van der Waals surface area contributed by atoms with Crippen LogP contribution in [0.3, 0.4) is 0 Å². The number of hydrogen-bond acceptors (Lipinski definition) is 7. The van der Waals surface area contributed by atoms with Crippen molar-refractivity contribution in [2.75, 3.05) is 0 Å². The number of carbonyl (C=O) groups is 1. The van der Waals surface area contributed by atoms with Gasteiger partial charge in [-0.05, 0) is 138 Å². The summed E-state index contributed by atoms with van der Waals surface area (Å²) in [5.74, 6) is 2.55. The first-order valence-corrected chi connectivity index (χ1v) is 25.4. The molecule has 4 saturated carbocycles. The summed E-state index contributed by atoms with van der Waals surface area (Å²) in [6, 6.07) is 17.4. The molecular formula is C52H68N6O6. The molecule has 0 amide bonds. The minimum Gasteiger partial charge on any atom is -0.480 e. The Morgan fingerprint density at radius 1 is 0.500 bits per heavy atom. The van der Waals surface area contributed by atoms with Crippen LogP contribution in [0.25, 0.3) is 21.8 Å². The van der Waals surface area contributed by atoms with Gasteiger partial charge in [0.2, 0.25) is 0 Å². The van der Waals surface area contributed by atoms with Gasteiger partial charge in [-0.1, -0.05) is 75.6 Å². The predicted molar refractivity (Wildman–Crippen MR) is 249 cm³/mol. The van der Waals surface area contributed by atoms with Gasteiger partial charge >= 0.3 is 17.3 Å². The maximum absolute atomic E-state index is 13.5. The van der Waals surface area contributed by atoms with Crippen LogP contribution in [0.15, 0.2) is 67.7 Å². The molecule has 12 heteroatoms. The minimum atomic E-state index is -1.08. The number of carboxylic acids is 1. The lowest BCUT2D eigenvalue weighted by molar-refractivity contribution is -0.137. The second-order valence-corrected chi connectivity index (χ2v) is 21.8. The Bertz CT molecular complexity index is 2580. The molecule has 64 heavy (non-hydrogen) atoms. The van der Waals surface area contributed by atoms with E-state index in [1.165, 1.54) is 112 Å². The zero-order valence-electron chi connectivity index (χ0n) is 37.5. The highest BCUT2D eigenvalue weighted by molar-refractivity contribution is 5.79. The Balaban J connectivity index is 0.000000144. The third kappa shape index (κ3) is 7.86. The number of hydrogen-bond donors (Lipinski definition) is 2. The smallest absolute Gasteiger partial charge is 0.332 e. The van der Waals surface area contributed by atoms with Crippen molar-refractivity contribution in [3.8, 4) is 0 Å². The molecule has 4 aliphatic carbocycles. The molecule has 4 saturated heterocycles. The highest BCUT2D eigenvalue weighted by Crippen LogP contribution is 2.49. The van der Waals surface area contributed by atoms with Crippen LogP contribution in [-0.4, -0.2) is 75.8 Å². The number of para-hydroxylation sites is 2. The Kier molecular flexibility index (Phi) is 11.6. The molecule has 0 radical (unpaired) electrons. The van der Waals surface area contributed by atoms with Gasteiger partial charge in [0.1, 0.15) is 6.54 Å². The van der Waals surface area contributed by atoms with Crippen molar-refractivity contribution in [1.29, 1.82) is 0 Å². The van der Waals surface area contributed by atoms with E-state index in [4.69, 9.17) is 0 Å². The van der Waals surface area contributed by atoms with Crippen molar-refractivity contribution in [1.82, 2.24) is 28.5 Å². The van der Waals surface area contributed by atoms with Crippen LogP contribution in [0, 0.1) is 23.7 Å². The van der Waals surface area contributed by atoms with Gasteiger partial charge in [-0.25, -0.2) is 9.59 Å². The third-order valence-corrected chi connectivity index (χ3v) is 18.0. The SMILES string of the molecule is O=C(O)Cn1c(=O)n(C2CC3CCCC(C2)N3C2CC3CCCC(C3)C2)c(=O)c2ccccc21.O=c1[nH]c2ccccc2c(=O)n1C1CC2CCCC(C1)N2C1CC2CCCC(C2)C1. The summed E-state index contributed by atoms with van der Waals surface area (Å²) < 4.78 is 4.23. The lowest BCUT2D eigenvalue weighted by Crippen LogP contribution is -2.59. The van der Waals surface area contributed by atoms with E-state index in [1.807, 2.05) is 24.3 Å².